The molecule has 7 aromatic rings. The molecule has 0 fully saturated rings. The first-order valence-corrected chi connectivity index (χ1v) is 18.0. The number of thiophene rings is 1. The standard InChI is InChI=1S/C43H44N3S/c1-5-32(4)43(6-2,37-21-12-10-20-36(37)42-44-27-30-46(42)33-17-8-7-9-18-33)26-16-29-45-28-15-14-22-38(45)40-31(3)24-25-35-34-19-11-13-23-39(34)47-41(35)40/h7-15,17-25,27-28,30,32H,5-6,16,26,29H2,1-4H3/q+1. The molecule has 0 radical (unpaired) electrons. The number of benzene rings is 4. The van der Waals surface area contributed by atoms with Crippen LogP contribution in [0.25, 0.3) is 48.5 Å². The molecule has 236 valence electrons. The number of fused-ring (bicyclic) bond motifs is 3. The van der Waals surface area contributed by atoms with Crippen molar-refractivity contribution in [3.8, 4) is 28.3 Å². The minimum atomic E-state index is 0.0235. The van der Waals surface area contributed by atoms with Crippen molar-refractivity contribution in [3.63, 3.8) is 0 Å². The predicted octanol–water partition coefficient (Wildman–Crippen LogP) is 11.3. The summed E-state index contributed by atoms with van der Waals surface area (Å²) in [6.45, 7) is 10.4. The highest BCUT2D eigenvalue weighted by Crippen LogP contribution is 2.46. The lowest BCUT2D eigenvalue weighted by Gasteiger charge is -2.40. The van der Waals surface area contributed by atoms with Crippen molar-refractivity contribution in [2.75, 3.05) is 0 Å². The Morgan fingerprint density at radius 3 is 2.43 bits per heavy atom. The van der Waals surface area contributed by atoms with Gasteiger partial charge in [-0.25, -0.2) is 4.98 Å². The van der Waals surface area contributed by atoms with Crippen molar-refractivity contribution >= 4 is 31.5 Å². The van der Waals surface area contributed by atoms with Crippen LogP contribution in [-0.2, 0) is 12.0 Å². The number of hydrogen-bond donors (Lipinski definition) is 0. The van der Waals surface area contributed by atoms with Gasteiger partial charge in [-0.1, -0.05) is 100.0 Å². The Hall–Kier alpha value is -4.54. The van der Waals surface area contributed by atoms with Gasteiger partial charge < -0.3 is 0 Å². The number of aromatic nitrogens is 3. The maximum absolute atomic E-state index is 4.94. The summed E-state index contributed by atoms with van der Waals surface area (Å²) in [4.78, 5) is 4.94. The largest absolute Gasteiger partial charge is 0.300 e. The average Bonchev–Trinajstić information content (AvgIpc) is 3.76. The lowest BCUT2D eigenvalue weighted by atomic mass is 9.64. The van der Waals surface area contributed by atoms with Gasteiger partial charge in [0.1, 0.15) is 12.4 Å². The molecule has 0 aliphatic carbocycles. The van der Waals surface area contributed by atoms with Crippen LogP contribution in [0, 0.1) is 12.8 Å². The van der Waals surface area contributed by atoms with Crippen LogP contribution in [0.3, 0.4) is 0 Å². The Bertz CT molecular complexity index is 2140. The van der Waals surface area contributed by atoms with Gasteiger partial charge in [-0.05, 0) is 66.5 Å². The fraction of sp³-hybridized carbons (Fsp3) is 0.256. The Morgan fingerprint density at radius 1 is 0.830 bits per heavy atom. The van der Waals surface area contributed by atoms with Crippen molar-refractivity contribution in [2.45, 2.75) is 65.3 Å². The molecule has 4 heteroatoms. The predicted molar refractivity (Wildman–Crippen MR) is 199 cm³/mol. The highest BCUT2D eigenvalue weighted by atomic mass is 32.1. The number of pyridine rings is 1. The molecule has 2 atom stereocenters. The molecule has 0 bridgehead atoms. The Morgan fingerprint density at radius 2 is 1.60 bits per heavy atom. The summed E-state index contributed by atoms with van der Waals surface area (Å²) in [5, 5.41) is 2.71. The minimum Gasteiger partial charge on any atom is -0.300 e. The maximum Gasteiger partial charge on any atom is 0.214 e. The smallest absolute Gasteiger partial charge is 0.214 e. The zero-order chi connectivity index (χ0) is 32.4. The third kappa shape index (κ3) is 5.59. The third-order valence-electron chi connectivity index (χ3n) is 10.5. The normalized spacial score (nSPS) is 13.6. The maximum atomic E-state index is 4.94. The van der Waals surface area contributed by atoms with Gasteiger partial charge in [-0.3, -0.25) is 4.57 Å². The molecule has 3 aromatic heterocycles. The van der Waals surface area contributed by atoms with Gasteiger partial charge in [0, 0.05) is 62.4 Å². The lowest BCUT2D eigenvalue weighted by molar-refractivity contribution is -0.686. The van der Waals surface area contributed by atoms with Crippen molar-refractivity contribution in [2.24, 2.45) is 5.92 Å². The molecular weight excluding hydrogens is 591 g/mol. The highest BCUT2D eigenvalue weighted by Gasteiger charge is 2.38. The molecule has 0 aliphatic heterocycles. The Labute approximate surface area is 283 Å². The number of hydrogen-bond acceptors (Lipinski definition) is 2. The topological polar surface area (TPSA) is 21.7 Å². The second kappa shape index (κ2) is 13.3. The van der Waals surface area contributed by atoms with Crippen LogP contribution in [0.2, 0.25) is 0 Å². The molecule has 3 nitrogen and oxygen atoms in total. The van der Waals surface area contributed by atoms with E-state index in [1.54, 1.807) is 0 Å². The molecule has 47 heavy (non-hydrogen) atoms. The van der Waals surface area contributed by atoms with Crippen LogP contribution in [0.5, 0.6) is 0 Å². The van der Waals surface area contributed by atoms with Gasteiger partial charge in [-0.2, -0.15) is 4.57 Å². The summed E-state index contributed by atoms with van der Waals surface area (Å²) in [7, 11) is 0. The van der Waals surface area contributed by atoms with E-state index in [-0.39, 0.29) is 5.41 Å². The number of para-hydroxylation sites is 1. The van der Waals surface area contributed by atoms with Crippen LogP contribution in [0.15, 0.2) is 128 Å². The summed E-state index contributed by atoms with van der Waals surface area (Å²) >= 11 is 1.92. The first-order valence-electron chi connectivity index (χ1n) is 17.1. The highest BCUT2D eigenvalue weighted by molar-refractivity contribution is 7.26. The molecule has 2 unspecified atom stereocenters. The van der Waals surface area contributed by atoms with E-state index in [2.05, 4.69) is 158 Å². The molecule has 0 saturated heterocycles. The second-order valence-electron chi connectivity index (χ2n) is 12.9. The van der Waals surface area contributed by atoms with Gasteiger partial charge in [0.05, 0.1) is 5.56 Å². The fourth-order valence-electron chi connectivity index (χ4n) is 7.83. The summed E-state index contributed by atoms with van der Waals surface area (Å²) in [6, 6.07) is 39.7. The molecule has 4 aromatic carbocycles. The zero-order valence-corrected chi connectivity index (χ0v) is 28.8. The van der Waals surface area contributed by atoms with E-state index in [9.17, 15) is 0 Å². The molecule has 3 heterocycles. The van der Waals surface area contributed by atoms with E-state index in [0.717, 1.165) is 43.7 Å². The lowest BCUT2D eigenvalue weighted by Crippen LogP contribution is -2.39. The van der Waals surface area contributed by atoms with Gasteiger partial charge >= 0.3 is 0 Å². The van der Waals surface area contributed by atoms with E-state index < -0.39 is 0 Å². The Balaban J connectivity index is 1.25. The molecule has 0 aliphatic rings. The molecule has 0 N–H and O–H groups in total. The number of nitrogens with zero attached hydrogens (tertiary/aromatic N) is 3. The van der Waals surface area contributed by atoms with Gasteiger partial charge in [0.25, 0.3) is 0 Å². The third-order valence-corrected chi connectivity index (χ3v) is 11.7. The first-order chi connectivity index (χ1) is 23.1. The fourth-order valence-corrected chi connectivity index (χ4v) is 9.14. The van der Waals surface area contributed by atoms with Crippen LogP contribution < -0.4 is 4.57 Å². The number of imidazole rings is 1. The SMILES string of the molecule is CCC(C)C(CC)(CCC[n+]1ccccc1-c1c(C)ccc2c1sc1ccccc12)c1ccccc1-c1nccn1-c1ccccc1. The molecule has 0 amide bonds. The van der Waals surface area contributed by atoms with Crippen molar-refractivity contribution in [1.29, 1.82) is 0 Å². The monoisotopic (exact) mass is 634 g/mol. The first kappa shape index (κ1) is 31.1. The molecule has 7 rings (SSSR count). The van der Waals surface area contributed by atoms with E-state index in [4.69, 9.17) is 4.98 Å². The zero-order valence-electron chi connectivity index (χ0n) is 28.0. The van der Waals surface area contributed by atoms with Crippen LogP contribution in [-0.4, -0.2) is 9.55 Å². The van der Waals surface area contributed by atoms with Crippen LogP contribution >= 0.6 is 11.3 Å². The quantitative estimate of drug-likeness (QED) is 0.130. The molecule has 0 saturated carbocycles. The molecular formula is C43H44N3S+. The van der Waals surface area contributed by atoms with E-state index in [1.807, 2.05) is 17.5 Å². The number of rotatable bonds is 11. The van der Waals surface area contributed by atoms with Gasteiger partial charge in [-0.15, -0.1) is 11.3 Å². The van der Waals surface area contributed by atoms with Crippen molar-refractivity contribution < 1.29 is 4.57 Å². The average molecular weight is 635 g/mol. The van der Waals surface area contributed by atoms with E-state index in [0.29, 0.717) is 5.92 Å². The van der Waals surface area contributed by atoms with Gasteiger partial charge in [0.15, 0.2) is 6.20 Å². The van der Waals surface area contributed by atoms with Crippen LogP contribution in [0.4, 0.5) is 0 Å². The molecule has 0 spiro atoms. The van der Waals surface area contributed by atoms with E-state index >= 15 is 0 Å². The summed E-state index contributed by atoms with van der Waals surface area (Å²) in [6.07, 6.45) is 10.7. The van der Waals surface area contributed by atoms with Crippen molar-refractivity contribution in [1.82, 2.24) is 9.55 Å². The summed E-state index contributed by atoms with van der Waals surface area (Å²) in [5.74, 6) is 1.53. The second-order valence-corrected chi connectivity index (χ2v) is 14.0. The van der Waals surface area contributed by atoms with E-state index in [1.165, 1.54) is 48.1 Å². The summed E-state index contributed by atoms with van der Waals surface area (Å²) < 4.78 is 7.47. The number of aryl methyl sites for hydroxylation is 2. The minimum absolute atomic E-state index is 0.0235. The van der Waals surface area contributed by atoms with Gasteiger partial charge in [0.2, 0.25) is 5.69 Å². The van der Waals surface area contributed by atoms with Crippen LogP contribution in [0.1, 0.15) is 57.6 Å². The summed E-state index contributed by atoms with van der Waals surface area (Å²) in [5.41, 5.74) is 7.82. The van der Waals surface area contributed by atoms with Crippen molar-refractivity contribution in [3.05, 3.63) is 139 Å². The Kier molecular flexibility index (Phi) is 8.79.